The quantitative estimate of drug-likeness (QED) is 0.841. The minimum atomic E-state index is -3.78. The Labute approximate surface area is 154 Å². The van der Waals surface area contributed by atoms with Gasteiger partial charge in [0.15, 0.2) is 0 Å². The van der Waals surface area contributed by atoms with Crippen LogP contribution in [0.5, 0.6) is 5.75 Å². The van der Waals surface area contributed by atoms with E-state index in [0.717, 1.165) is 9.87 Å². The summed E-state index contributed by atoms with van der Waals surface area (Å²) in [5.74, 6) is 0.0691. The highest BCUT2D eigenvalue weighted by Crippen LogP contribution is 2.25. The van der Waals surface area contributed by atoms with Crippen molar-refractivity contribution in [2.75, 3.05) is 26.0 Å². The second kappa shape index (κ2) is 7.88. The zero-order valence-electron chi connectivity index (χ0n) is 15.7. The lowest BCUT2D eigenvalue weighted by Crippen LogP contribution is -2.35. The molecule has 0 aromatic heterocycles. The van der Waals surface area contributed by atoms with Gasteiger partial charge in [-0.3, -0.25) is 4.79 Å². The van der Waals surface area contributed by atoms with E-state index in [1.165, 1.54) is 14.2 Å². The summed E-state index contributed by atoms with van der Waals surface area (Å²) in [6.07, 6.45) is 0. The van der Waals surface area contributed by atoms with Gasteiger partial charge < -0.3 is 10.1 Å². The zero-order valence-corrected chi connectivity index (χ0v) is 16.5. The molecule has 6 nitrogen and oxygen atoms in total. The predicted octanol–water partition coefficient (Wildman–Crippen LogP) is 2.88. The Balaban J connectivity index is 2.21. The first-order valence-corrected chi connectivity index (χ1v) is 9.58. The molecule has 1 amide bonds. The van der Waals surface area contributed by atoms with E-state index in [-0.39, 0.29) is 11.4 Å². The molecule has 2 aromatic carbocycles. The second-order valence-corrected chi connectivity index (χ2v) is 8.22. The second-order valence-electron chi connectivity index (χ2n) is 6.24. The standard InChI is InChI=1S/C19H24N2O4S/c1-13-10-14(2)19(15(3)11-13)26(23,24)21(4)12-18(22)20-16-8-6-7-9-17(16)25-5/h6-11H,12H2,1-5H3,(H,20,22). The molecular weight excluding hydrogens is 352 g/mol. The van der Waals surface area contributed by atoms with E-state index in [4.69, 9.17) is 4.74 Å². The lowest BCUT2D eigenvalue weighted by Gasteiger charge is -2.20. The predicted molar refractivity (Wildman–Crippen MR) is 102 cm³/mol. The van der Waals surface area contributed by atoms with E-state index in [2.05, 4.69) is 5.32 Å². The number of carbonyl (C=O) groups is 1. The number of nitrogens with zero attached hydrogens (tertiary/aromatic N) is 1. The summed E-state index contributed by atoms with van der Waals surface area (Å²) in [6.45, 7) is 5.14. The molecule has 0 spiro atoms. The van der Waals surface area contributed by atoms with Gasteiger partial charge in [0, 0.05) is 7.05 Å². The monoisotopic (exact) mass is 376 g/mol. The lowest BCUT2D eigenvalue weighted by molar-refractivity contribution is -0.116. The molecule has 0 radical (unpaired) electrons. The van der Waals surface area contributed by atoms with E-state index in [9.17, 15) is 13.2 Å². The van der Waals surface area contributed by atoms with E-state index in [1.54, 1.807) is 38.1 Å². The molecule has 0 heterocycles. The first kappa shape index (κ1) is 19.9. The Morgan fingerprint density at radius 2 is 1.69 bits per heavy atom. The van der Waals surface area contributed by atoms with Crippen LogP contribution in [0.3, 0.4) is 0 Å². The number of para-hydroxylation sites is 2. The van der Waals surface area contributed by atoms with Gasteiger partial charge in [-0.25, -0.2) is 8.42 Å². The summed E-state index contributed by atoms with van der Waals surface area (Å²) >= 11 is 0. The number of rotatable bonds is 6. The average molecular weight is 376 g/mol. The van der Waals surface area contributed by atoms with Crippen LogP contribution in [0, 0.1) is 20.8 Å². The van der Waals surface area contributed by atoms with Crippen molar-refractivity contribution in [1.29, 1.82) is 0 Å². The number of likely N-dealkylation sites (N-methyl/N-ethyl adjacent to an activating group) is 1. The van der Waals surface area contributed by atoms with E-state index < -0.39 is 15.9 Å². The van der Waals surface area contributed by atoms with Gasteiger partial charge in [-0.2, -0.15) is 4.31 Å². The van der Waals surface area contributed by atoms with E-state index in [0.29, 0.717) is 22.6 Å². The van der Waals surface area contributed by atoms with Crippen LogP contribution in [0.2, 0.25) is 0 Å². The molecule has 0 unspecified atom stereocenters. The maximum Gasteiger partial charge on any atom is 0.243 e. The van der Waals surface area contributed by atoms with Gasteiger partial charge in [0.05, 0.1) is 24.2 Å². The normalized spacial score (nSPS) is 11.5. The number of benzene rings is 2. The van der Waals surface area contributed by atoms with Gasteiger partial charge in [0.2, 0.25) is 15.9 Å². The Morgan fingerprint density at radius 1 is 1.12 bits per heavy atom. The number of aryl methyl sites for hydroxylation is 3. The van der Waals surface area contributed by atoms with Crippen molar-refractivity contribution in [3.05, 3.63) is 53.1 Å². The van der Waals surface area contributed by atoms with Crippen molar-refractivity contribution < 1.29 is 17.9 Å². The molecule has 2 aromatic rings. The number of nitrogens with one attached hydrogen (secondary N) is 1. The van der Waals surface area contributed by atoms with Crippen LogP contribution in [-0.2, 0) is 14.8 Å². The molecule has 26 heavy (non-hydrogen) atoms. The molecule has 0 aliphatic heterocycles. The highest BCUT2D eigenvalue weighted by molar-refractivity contribution is 7.89. The average Bonchev–Trinajstić information content (AvgIpc) is 2.53. The highest BCUT2D eigenvalue weighted by Gasteiger charge is 2.26. The van der Waals surface area contributed by atoms with Gasteiger partial charge >= 0.3 is 0 Å². The third kappa shape index (κ3) is 4.23. The molecule has 0 bridgehead atoms. The molecule has 0 aliphatic carbocycles. The minimum Gasteiger partial charge on any atom is -0.495 e. The first-order chi connectivity index (χ1) is 12.2. The fourth-order valence-corrected chi connectivity index (χ4v) is 4.48. The van der Waals surface area contributed by atoms with Gasteiger partial charge in [-0.05, 0) is 44.0 Å². The number of hydrogen-bond donors (Lipinski definition) is 1. The Hall–Kier alpha value is -2.38. The number of carbonyl (C=O) groups excluding carboxylic acids is 1. The Bertz CT molecular complexity index is 900. The summed E-state index contributed by atoms with van der Waals surface area (Å²) in [5.41, 5.74) is 2.82. The highest BCUT2D eigenvalue weighted by atomic mass is 32.2. The molecule has 7 heteroatoms. The van der Waals surface area contributed by atoms with Crippen LogP contribution < -0.4 is 10.1 Å². The van der Waals surface area contributed by atoms with Crippen LogP contribution in [0.25, 0.3) is 0 Å². The number of hydrogen-bond acceptors (Lipinski definition) is 4. The molecule has 2 rings (SSSR count). The largest absolute Gasteiger partial charge is 0.495 e. The van der Waals surface area contributed by atoms with E-state index in [1.807, 2.05) is 19.1 Å². The van der Waals surface area contributed by atoms with Crippen LogP contribution in [0.1, 0.15) is 16.7 Å². The molecule has 140 valence electrons. The molecule has 0 atom stereocenters. The fraction of sp³-hybridized carbons (Fsp3) is 0.316. The summed E-state index contributed by atoms with van der Waals surface area (Å²) < 4.78 is 32.1. The minimum absolute atomic E-state index is 0.246. The maximum absolute atomic E-state index is 12.9. The smallest absolute Gasteiger partial charge is 0.243 e. The van der Waals surface area contributed by atoms with Crippen molar-refractivity contribution in [3.63, 3.8) is 0 Å². The number of methoxy groups -OCH3 is 1. The maximum atomic E-state index is 12.9. The van der Waals surface area contributed by atoms with Gasteiger partial charge in [0.1, 0.15) is 5.75 Å². The van der Waals surface area contributed by atoms with Gasteiger partial charge in [-0.15, -0.1) is 0 Å². The van der Waals surface area contributed by atoms with Crippen molar-refractivity contribution in [2.45, 2.75) is 25.7 Å². The lowest BCUT2D eigenvalue weighted by atomic mass is 10.1. The van der Waals surface area contributed by atoms with Crippen molar-refractivity contribution in [1.82, 2.24) is 4.31 Å². The van der Waals surface area contributed by atoms with Crippen LogP contribution in [0.4, 0.5) is 5.69 Å². The molecule has 0 saturated heterocycles. The van der Waals surface area contributed by atoms with Crippen LogP contribution >= 0.6 is 0 Å². The SMILES string of the molecule is COc1ccccc1NC(=O)CN(C)S(=O)(=O)c1c(C)cc(C)cc1C. The van der Waals surface area contributed by atoms with Crippen molar-refractivity contribution in [3.8, 4) is 5.75 Å². The van der Waals surface area contributed by atoms with Gasteiger partial charge in [-0.1, -0.05) is 29.8 Å². The first-order valence-electron chi connectivity index (χ1n) is 8.14. The number of amides is 1. The number of ether oxygens (including phenoxy) is 1. The van der Waals surface area contributed by atoms with Crippen LogP contribution in [-0.4, -0.2) is 39.3 Å². The molecule has 1 N–H and O–H groups in total. The topological polar surface area (TPSA) is 75.7 Å². The summed E-state index contributed by atoms with van der Waals surface area (Å²) in [4.78, 5) is 12.6. The van der Waals surface area contributed by atoms with Crippen molar-refractivity contribution >= 4 is 21.6 Å². The van der Waals surface area contributed by atoms with E-state index >= 15 is 0 Å². The number of anilines is 1. The molecule has 0 aliphatic rings. The Morgan fingerprint density at radius 3 is 2.27 bits per heavy atom. The molecule has 0 fully saturated rings. The Kier molecular flexibility index (Phi) is 6.05. The van der Waals surface area contributed by atoms with Crippen LogP contribution in [0.15, 0.2) is 41.3 Å². The molecular formula is C19H24N2O4S. The third-order valence-electron chi connectivity index (χ3n) is 4.02. The van der Waals surface area contributed by atoms with Gasteiger partial charge in [0.25, 0.3) is 0 Å². The summed E-state index contributed by atoms with van der Waals surface area (Å²) in [6, 6.07) is 10.6. The number of sulfonamides is 1. The fourth-order valence-electron chi connectivity index (χ4n) is 2.95. The summed E-state index contributed by atoms with van der Waals surface area (Å²) in [7, 11) is -0.876. The van der Waals surface area contributed by atoms with Crippen molar-refractivity contribution in [2.24, 2.45) is 0 Å². The zero-order chi connectivity index (χ0) is 19.5. The molecule has 0 saturated carbocycles. The third-order valence-corrected chi connectivity index (χ3v) is 6.13. The summed E-state index contributed by atoms with van der Waals surface area (Å²) in [5, 5.41) is 2.68.